The van der Waals surface area contributed by atoms with Crippen LogP contribution in [0.25, 0.3) is 0 Å². The number of carbonyl (C=O) groups is 1. The summed E-state index contributed by atoms with van der Waals surface area (Å²) in [5.41, 5.74) is 5.89. The van der Waals surface area contributed by atoms with Crippen LogP contribution in [0.15, 0.2) is 18.2 Å². The number of benzene rings is 1. The average Bonchev–Trinajstić information content (AvgIpc) is 2.49. The highest BCUT2D eigenvalue weighted by Crippen LogP contribution is 2.17. The van der Waals surface area contributed by atoms with Crippen molar-refractivity contribution in [1.29, 1.82) is 0 Å². The molecule has 0 radical (unpaired) electrons. The quantitative estimate of drug-likeness (QED) is 0.769. The Hall–Kier alpha value is -1.63. The summed E-state index contributed by atoms with van der Waals surface area (Å²) >= 11 is 0. The van der Waals surface area contributed by atoms with Gasteiger partial charge < -0.3 is 10.6 Å². The van der Waals surface area contributed by atoms with Gasteiger partial charge in [-0.1, -0.05) is 0 Å². The number of sulfone groups is 1. The Kier molecular flexibility index (Phi) is 3.75. The molecule has 7 heteroatoms. The Morgan fingerprint density at radius 3 is 2.68 bits per heavy atom. The van der Waals surface area contributed by atoms with Crippen LogP contribution in [0, 0.1) is 5.82 Å². The highest BCUT2D eigenvalue weighted by atomic mass is 32.2. The Morgan fingerprint density at radius 2 is 2.00 bits per heavy atom. The van der Waals surface area contributed by atoms with Crippen molar-refractivity contribution < 1.29 is 17.6 Å². The van der Waals surface area contributed by atoms with E-state index in [2.05, 4.69) is 0 Å². The van der Waals surface area contributed by atoms with Gasteiger partial charge in [-0.15, -0.1) is 0 Å². The molecule has 1 heterocycles. The lowest BCUT2D eigenvalue weighted by atomic mass is 10.1. The van der Waals surface area contributed by atoms with E-state index in [0.29, 0.717) is 13.0 Å². The Morgan fingerprint density at radius 1 is 1.26 bits per heavy atom. The summed E-state index contributed by atoms with van der Waals surface area (Å²) in [6.45, 7) is 0.521. The molecular weight excluding hydrogens is 271 g/mol. The number of amides is 1. The second-order valence-electron chi connectivity index (χ2n) is 4.53. The van der Waals surface area contributed by atoms with Crippen LogP contribution in [0.2, 0.25) is 0 Å². The first-order valence-electron chi connectivity index (χ1n) is 5.94. The topological polar surface area (TPSA) is 80.5 Å². The summed E-state index contributed by atoms with van der Waals surface area (Å²) in [6.07, 6.45) is 0.412. The molecule has 2 N–H and O–H groups in total. The van der Waals surface area contributed by atoms with Crippen molar-refractivity contribution in [3.05, 3.63) is 29.6 Å². The molecule has 0 aromatic heterocycles. The first-order chi connectivity index (χ1) is 8.89. The highest BCUT2D eigenvalue weighted by Gasteiger charge is 2.24. The molecule has 1 aliphatic heterocycles. The van der Waals surface area contributed by atoms with Crippen LogP contribution in [-0.4, -0.2) is 43.8 Å². The number of hydrogen-bond acceptors (Lipinski definition) is 4. The Labute approximate surface area is 111 Å². The molecule has 2 rings (SSSR count). The van der Waals surface area contributed by atoms with Crippen LogP contribution in [0.5, 0.6) is 0 Å². The van der Waals surface area contributed by atoms with Gasteiger partial charge in [-0.3, -0.25) is 4.79 Å². The lowest BCUT2D eigenvalue weighted by Crippen LogP contribution is -2.34. The number of halogens is 1. The zero-order valence-corrected chi connectivity index (χ0v) is 11.1. The first kappa shape index (κ1) is 13.8. The van der Waals surface area contributed by atoms with E-state index in [0.717, 1.165) is 12.1 Å². The summed E-state index contributed by atoms with van der Waals surface area (Å²) in [4.78, 5) is 13.7. The van der Waals surface area contributed by atoms with E-state index < -0.39 is 15.7 Å². The highest BCUT2D eigenvalue weighted by molar-refractivity contribution is 7.91. The van der Waals surface area contributed by atoms with Crippen molar-refractivity contribution in [2.45, 2.75) is 6.42 Å². The fourth-order valence-corrected chi connectivity index (χ4v) is 3.31. The SMILES string of the molecule is Nc1cc(F)ccc1C(=O)N1CCCS(=O)(=O)CC1. The Bertz CT molecular complexity index is 601. The minimum Gasteiger partial charge on any atom is -0.398 e. The summed E-state index contributed by atoms with van der Waals surface area (Å²) in [7, 11) is -3.07. The lowest BCUT2D eigenvalue weighted by molar-refractivity contribution is 0.0769. The van der Waals surface area contributed by atoms with E-state index in [1.54, 1.807) is 0 Å². The van der Waals surface area contributed by atoms with Crippen molar-refractivity contribution in [2.24, 2.45) is 0 Å². The van der Waals surface area contributed by atoms with Crippen molar-refractivity contribution in [1.82, 2.24) is 4.90 Å². The van der Waals surface area contributed by atoms with Gasteiger partial charge in [-0.05, 0) is 24.6 Å². The van der Waals surface area contributed by atoms with Crippen LogP contribution in [-0.2, 0) is 9.84 Å². The van der Waals surface area contributed by atoms with Crippen molar-refractivity contribution in [3.63, 3.8) is 0 Å². The van der Waals surface area contributed by atoms with Crippen LogP contribution in [0.3, 0.4) is 0 Å². The van der Waals surface area contributed by atoms with Gasteiger partial charge in [0.25, 0.3) is 5.91 Å². The van der Waals surface area contributed by atoms with Gasteiger partial charge in [0.15, 0.2) is 9.84 Å². The van der Waals surface area contributed by atoms with Gasteiger partial charge in [0, 0.05) is 18.8 Å². The smallest absolute Gasteiger partial charge is 0.255 e. The maximum atomic E-state index is 12.9. The molecule has 1 aliphatic rings. The Balaban J connectivity index is 2.20. The minimum atomic E-state index is -3.07. The first-order valence-corrected chi connectivity index (χ1v) is 7.76. The molecule has 1 saturated heterocycles. The van der Waals surface area contributed by atoms with Crippen molar-refractivity contribution in [2.75, 3.05) is 30.3 Å². The number of anilines is 1. The summed E-state index contributed by atoms with van der Waals surface area (Å²) < 4.78 is 35.9. The lowest BCUT2D eigenvalue weighted by Gasteiger charge is -2.20. The minimum absolute atomic E-state index is 0.0418. The van der Waals surface area contributed by atoms with E-state index >= 15 is 0 Å². The molecule has 0 atom stereocenters. The van der Waals surface area contributed by atoms with Crippen molar-refractivity contribution >= 4 is 21.4 Å². The molecule has 104 valence electrons. The van der Waals surface area contributed by atoms with Gasteiger partial charge in [0.1, 0.15) is 5.82 Å². The molecule has 1 aromatic rings. The summed E-state index contributed by atoms with van der Waals surface area (Å²) in [6, 6.07) is 3.58. The predicted octanol–water partition coefficient (Wildman–Crippen LogP) is 0.669. The molecule has 0 bridgehead atoms. The molecule has 0 unspecified atom stereocenters. The van der Waals surface area contributed by atoms with Gasteiger partial charge >= 0.3 is 0 Å². The maximum Gasteiger partial charge on any atom is 0.255 e. The fourth-order valence-electron chi connectivity index (χ4n) is 2.04. The maximum absolute atomic E-state index is 12.9. The zero-order valence-electron chi connectivity index (χ0n) is 10.3. The van der Waals surface area contributed by atoms with Gasteiger partial charge in [0.05, 0.1) is 17.1 Å². The molecule has 0 aliphatic carbocycles. The normalized spacial score (nSPS) is 18.9. The number of nitrogens with two attached hydrogens (primary N) is 1. The average molecular weight is 286 g/mol. The van der Waals surface area contributed by atoms with E-state index in [9.17, 15) is 17.6 Å². The second-order valence-corrected chi connectivity index (χ2v) is 6.83. The zero-order chi connectivity index (χ0) is 14.0. The van der Waals surface area contributed by atoms with Crippen LogP contribution >= 0.6 is 0 Å². The molecule has 0 spiro atoms. The third-order valence-corrected chi connectivity index (χ3v) is 4.80. The van der Waals surface area contributed by atoms with Crippen LogP contribution in [0.1, 0.15) is 16.8 Å². The predicted molar refractivity (Wildman–Crippen MR) is 70.0 cm³/mol. The fraction of sp³-hybridized carbons (Fsp3) is 0.417. The van der Waals surface area contributed by atoms with Crippen molar-refractivity contribution in [3.8, 4) is 0 Å². The molecule has 1 aromatic carbocycles. The molecular formula is C12H15FN2O3S. The van der Waals surface area contributed by atoms with Gasteiger partial charge in [-0.25, -0.2) is 12.8 Å². The molecule has 1 fully saturated rings. The third-order valence-electron chi connectivity index (χ3n) is 3.09. The summed E-state index contributed by atoms with van der Waals surface area (Å²) in [5.74, 6) is -0.808. The number of carbonyl (C=O) groups excluding carboxylic acids is 1. The molecule has 5 nitrogen and oxygen atoms in total. The number of nitrogens with zero attached hydrogens (tertiary/aromatic N) is 1. The van der Waals surface area contributed by atoms with Crippen LogP contribution < -0.4 is 5.73 Å². The number of hydrogen-bond donors (Lipinski definition) is 1. The molecule has 0 saturated carbocycles. The number of nitrogen functional groups attached to an aromatic ring is 1. The van der Waals surface area contributed by atoms with E-state index in [1.165, 1.54) is 11.0 Å². The summed E-state index contributed by atoms with van der Waals surface area (Å²) in [5, 5.41) is 0. The van der Waals surface area contributed by atoms with Gasteiger partial charge in [-0.2, -0.15) is 0 Å². The van der Waals surface area contributed by atoms with E-state index in [-0.39, 0.29) is 35.2 Å². The van der Waals surface area contributed by atoms with E-state index in [1.807, 2.05) is 0 Å². The van der Waals surface area contributed by atoms with Gasteiger partial charge in [0.2, 0.25) is 0 Å². The monoisotopic (exact) mass is 286 g/mol. The molecule has 1 amide bonds. The van der Waals surface area contributed by atoms with E-state index in [4.69, 9.17) is 5.73 Å². The largest absolute Gasteiger partial charge is 0.398 e. The second kappa shape index (κ2) is 5.16. The standard InChI is InChI=1S/C12H15FN2O3S/c13-9-2-3-10(11(14)8-9)12(16)15-4-1-6-19(17,18)7-5-15/h2-3,8H,1,4-7,14H2. The number of rotatable bonds is 1. The molecule has 19 heavy (non-hydrogen) atoms. The third kappa shape index (κ3) is 3.23. The van der Waals surface area contributed by atoms with Crippen LogP contribution in [0.4, 0.5) is 10.1 Å².